The van der Waals surface area contributed by atoms with Gasteiger partial charge < -0.3 is 41.5 Å². The topological polar surface area (TPSA) is 244 Å². The van der Waals surface area contributed by atoms with Crippen molar-refractivity contribution < 1.29 is 45.6 Å². The van der Waals surface area contributed by atoms with Crippen molar-refractivity contribution in [3.05, 3.63) is 219 Å². The fourth-order valence-electron chi connectivity index (χ4n) is 7.42. The van der Waals surface area contributed by atoms with Crippen LogP contribution >= 0.6 is 48.8 Å². The summed E-state index contributed by atoms with van der Waals surface area (Å²) in [5, 5.41) is 20.7. The molecular weight excluding hydrogens is 1380 g/mol. The van der Waals surface area contributed by atoms with Crippen LogP contribution < -0.4 is 47.5 Å². The fourth-order valence-corrected chi connectivity index (χ4v) is 7.58. The number of anilines is 8. The van der Waals surface area contributed by atoms with E-state index >= 15 is 0 Å². The molecule has 0 saturated heterocycles. The smallest absolute Gasteiger partial charge is 0.256 e. The quantitative estimate of drug-likeness (QED) is 0.0137. The van der Waals surface area contributed by atoms with Crippen LogP contribution in [0.1, 0.15) is 47.2 Å². The van der Waals surface area contributed by atoms with Gasteiger partial charge in [0, 0.05) is 39.4 Å². The summed E-state index contributed by atoms with van der Waals surface area (Å²) in [6.45, 7) is 8.77. The third kappa shape index (κ3) is 33.7. The number of hydrogen-bond acceptors (Lipinski definition) is 22. The Morgan fingerprint density at radius 3 is 0.848 bits per heavy atom. The zero-order chi connectivity index (χ0) is 69.3. The van der Waals surface area contributed by atoms with Crippen LogP contribution in [0.15, 0.2) is 146 Å². The number of rotatable bonds is 28. The molecule has 526 valence electrons. The minimum atomic E-state index is -0.323. The molecule has 0 aliphatic rings. The van der Waals surface area contributed by atoms with E-state index in [1.807, 2.05) is 13.8 Å². The molecule has 7 N–H and O–H groups in total. The van der Waals surface area contributed by atoms with Crippen LogP contribution in [0.2, 0.25) is 5.28 Å². The summed E-state index contributed by atoms with van der Waals surface area (Å²) in [7, 11) is 4.50. The highest BCUT2D eigenvalue weighted by Crippen LogP contribution is 2.21. The standard InChI is InChI=1S/2C21H20F2N6O.C13H11ClFN5.C8H10FNO.C4H10O.3ClH/c2*1-3-12-24-19-26-20(25-13-15-4-8-17(22)9-5-15)28-21(27-19)29(30-2)14-16-6-10-18(23)11-7-16;1-2-7-16-12-18-11(14)19-13(20-12)17-8-9-3-5-10(15)6-4-9;1-11-10-6-7-2-4-8(9)5-3-7;1-3-5-4-2;;;/h2*1,4-11H,12-14H2,2H3,(H2,24,25,26,27,28);1,3-6H,7-8H2,(H2,16,17,18,19,20);2-5,10H,6H2,1H3;3-4H2,1-2H3;3*1H. The van der Waals surface area contributed by atoms with Crippen molar-refractivity contribution in [3.63, 3.8) is 0 Å². The molecule has 0 aliphatic carbocycles. The van der Waals surface area contributed by atoms with Crippen molar-refractivity contribution in [1.82, 2.24) is 50.3 Å². The molecule has 0 bridgehead atoms. The number of hydroxylamine groups is 3. The van der Waals surface area contributed by atoms with Crippen LogP contribution in [0.5, 0.6) is 0 Å². The second-order valence-corrected chi connectivity index (χ2v) is 19.4. The van der Waals surface area contributed by atoms with Crippen molar-refractivity contribution in [2.45, 2.75) is 53.1 Å². The molecule has 32 heteroatoms. The first-order valence-corrected chi connectivity index (χ1v) is 29.5. The molecule has 0 fully saturated rings. The Balaban J connectivity index is 0.000000454. The molecule has 0 atom stereocenters. The minimum Gasteiger partial charge on any atom is -0.382 e. The van der Waals surface area contributed by atoms with E-state index in [4.69, 9.17) is 45.3 Å². The second kappa shape index (κ2) is 48.6. The van der Waals surface area contributed by atoms with E-state index in [2.05, 4.69) is 105 Å². The largest absolute Gasteiger partial charge is 0.382 e. The van der Waals surface area contributed by atoms with Gasteiger partial charge in [-0.2, -0.15) is 50.3 Å². The minimum absolute atomic E-state index is 0. The van der Waals surface area contributed by atoms with Crippen molar-refractivity contribution in [2.75, 3.05) is 96.2 Å². The van der Waals surface area contributed by atoms with Gasteiger partial charge >= 0.3 is 0 Å². The summed E-state index contributed by atoms with van der Waals surface area (Å²) in [6, 6.07) is 36.6. The molecule has 0 saturated carbocycles. The van der Waals surface area contributed by atoms with Crippen LogP contribution in [0.4, 0.5) is 73.9 Å². The molecule has 99 heavy (non-hydrogen) atoms. The molecule has 22 nitrogen and oxygen atoms in total. The van der Waals surface area contributed by atoms with E-state index in [9.17, 15) is 26.3 Å². The first kappa shape index (κ1) is 85.1. The van der Waals surface area contributed by atoms with Gasteiger partial charge in [-0.3, -0.25) is 9.68 Å². The van der Waals surface area contributed by atoms with Gasteiger partial charge in [0.1, 0.15) is 34.9 Å². The molecule has 0 spiro atoms. The number of nitrogens with one attached hydrogen (secondary N) is 7. The summed E-state index contributed by atoms with van der Waals surface area (Å²) >= 11 is 5.79. The van der Waals surface area contributed by atoms with Crippen LogP contribution in [0, 0.1) is 71.9 Å². The van der Waals surface area contributed by atoms with E-state index in [0.717, 1.165) is 46.6 Å². The highest BCUT2D eigenvalue weighted by atomic mass is 35.5. The Bertz CT molecular complexity index is 3690. The first-order chi connectivity index (χ1) is 46.5. The van der Waals surface area contributed by atoms with Crippen molar-refractivity contribution in [3.8, 4) is 37.0 Å². The van der Waals surface area contributed by atoms with Gasteiger partial charge in [0.2, 0.25) is 41.0 Å². The second-order valence-electron chi connectivity index (χ2n) is 19.1. The number of aromatic nitrogens is 9. The Kier molecular flexibility index (Phi) is 41.8. The van der Waals surface area contributed by atoms with Crippen LogP contribution in [-0.4, -0.2) is 99.0 Å². The van der Waals surface area contributed by atoms with Gasteiger partial charge in [0.05, 0.1) is 54.1 Å². The number of halogens is 10. The Morgan fingerprint density at radius 2 is 0.606 bits per heavy atom. The van der Waals surface area contributed by atoms with Crippen molar-refractivity contribution >= 4 is 96.4 Å². The number of nitrogens with zero attached hydrogens (tertiary/aromatic N) is 11. The normalized spacial score (nSPS) is 9.79. The lowest BCUT2D eigenvalue weighted by Crippen LogP contribution is -2.25. The first-order valence-electron chi connectivity index (χ1n) is 29.2. The predicted octanol–water partition coefficient (Wildman–Crippen LogP) is 12.9. The molecule has 3 heterocycles. The molecule has 0 amide bonds. The SMILES string of the molecule is C#CCNc1nc(Cl)nc(NCc2ccc(F)cc2)n1.C#CCNc1nc(NCc2ccc(F)cc2)nc(N(Cc2ccc(F)cc2)OC)n1.C#CCNc1nc(NCc2ccc(F)cc2)nc(N(Cc2ccc(F)cc2)OC)n1.CCOCC.CONCc1ccc(F)cc1.Cl.Cl.Cl. The van der Waals surface area contributed by atoms with Gasteiger partial charge in [-0.05, 0) is 132 Å². The maximum Gasteiger partial charge on any atom is 0.256 e. The molecule has 0 radical (unpaired) electrons. The Labute approximate surface area is 594 Å². The van der Waals surface area contributed by atoms with Crippen LogP contribution in [0.25, 0.3) is 0 Å². The fraction of sp³-hybridized carbons (Fsp3) is 0.239. The molecule has 9 rings (SSSR count). The molecule has 0 unspecified atom stereocenters. The van der Waals surface area contributed by atoms with Gasteiger partial charge in [-0.25, -0.2) is 36.5 Å². The molecular formula is C67H74Cl4F6N18O4. The molecule has 6 aromatic carbocycles. The average molecular weight is 1450 g/mol. The van der Waals surface area contributed by atoms with E-state index in [-0.39, 0.29) is 146 Å². The van der Waals surface area contributed by atoms with Gasteiger partial charge in [0.25, 0.3) is 11.9 Å². The van der Waals surface area contributed by atoms with Gasteiger partial charge in [-0.15, -0.1) is 56.5 Å². The summed E-state index contributed by atoms with van der Waals surface area (Å²) in [5.74, 6) is 7.74. The summed E-state index contributed by atoms with van der Waals surface area (Å²) in [6.07, 6.45) is 15.7. The maximum absolute atomic E-state index is 13.2. The lowest BCUT2D eigenvalue weighted by Gasteiger charge is -2.20. The van der Waals surface area contributed by atoms with E-state index in [1.165, 1.54) is 97.1 Å². The zero-order valence-corrected chi connectivity index (χ0v) is 57.5. The van der Waals surface area contributed by atoms with Gasteiger partial charge in [0.15, 0.2) is 0 Å². The zero-order valence-electron chi connectivity index (χ0n) is 54.3. The van der Waals surface area contributed by atoms with Crippen LogP contribution in [-0.2, 0) is 58.5 Å². The number of benzene rings is 6. The number of hydrogen-bond donors (Lipinski definition) is 7. The lowest BCUT2D eigenvalue weighted by molar-refractivity contribution is 0.0867. The molecule has 0 aliphatic heterocycles. The summed E-state index contributed by atoms with van der Waals surface area (Å²) < 4.78 is 82.5. The van der Waals surface area contributed by atoms with E-state index < -0.39 is 0 Å². The van der Waals surface area contributed by atoms with E-state index in [0.29, 0.717) is 38.1 Å². The van der Waals surface area contributed by atoms with Crippen LogP contribution in [0.3, 0.4) is 0 Å². The summed E-state index contributed by atoms with van der Waals surface area (Å²) in [4.78, 5) is 53.4. The van der Waals surface area contributed by atoms with Gasteiger partial charge in [-0.1, -0.05) is 90.6 Å². The maximum atomic E-state index is 13.2. The third-order valence-corrected chi connectivity index (χ3v) is 12.3. The third-order valence-electron chi connectivity index (χ3n) is 12.1. The molecule has 9 aromatic rings. The Hall–Kier alpha value is -10.0. The lowest BCUT2D eigenvalue weighted by atomic mass is 10.2. The summed E-state index contributed by atoms with van der Waals surface area (Å²) in [5.41, 5.74) is 7.86. The van der Waals surface area contributed by atoms with Crippen molar-refractivity contribution in [1.29, 1.82) is 0 Å². The number of terminal acetylenes is 3. The van der Waals surface area contributed by atoms with Crippen molar-refractivity contribution in [2.24, 2.45) is 0 Å². The average Bonchev–Trinajstić information content (AvgIpc) is 0.900. The predicted molar refractivity (Wildman–Crippen MR) is 381 cm³/mol. The van der Waals surface area contributed by atoms with E-state index in [1.54, 1.807) is 79.9 Å². The number of ether oxygens (including phenoxy) is 1. The highest BCUT2D eigenvalue weighted by Gasteiger charge is 2.17. The highest BCUT2D eigenvalue weighted by molar-refractivity contribution is 6.28. The monoisotopic (exact) mass is 1450 g/mol. The Morgan fingerprint density at radius 1 is 0.364 bits per heavy atom. The molecule has 3 aromatic heterocycles.